The number of ether oxygens (including phenoxy) is 5. The van der Waals surface area contributed by atoms with Gasteiger partial charge in [-0.1, -0.05) is 69.6 Å². The highest BCUT2D eigenvalue weighted by Crippen LogP contribution is 2.34. The van der Waals surface area contributed by atoms with Crippen molar-refractivity contribution in [3.63, 3.8) is 0 Å². The number of carboxylic acid groups (broad SMARTS) is 1. The minimum absolute atomic E-state index is 0.00858. The molecular formula is C62H74Cl6N14O12. The summed E-state index contributed by atoms with van der Waals surface area (Å²) in [6.45, 7) is 16.3. The number of hydrogen-bond acceptors (Lipinski definition) is 18. The summed E-state index contributed by atoms with van der Waals surface area (Å²) >= 11 is 37.1. The van der Waals surface area contributed by atoms with Crippen molar-refractivity contribution in [1.82, 2.24) is 54.3 Å². The molecule has 7 aromatic rings. The number of anilines is 3. The molecule has 94 heavy (non-hydrogen) atoms. The van der Waals surface area contributed by atoms with E-state index in [9.17, 15) is 24.0 Å². The van der Waals surface area contributed by atoms with E-state index in [-0.39, 0.29) is 58.8 Å². The van der Waals surface area contributed by atoms with E-state index in [1.807, 2.05) is 61.2 Å². The number of aromatic carboxylic acids is 1. The maximum absolute atomic E-state index is 13.0. The molecule has 26 nitrogen and oxygen atoms in total. The number of amides is 4. The van der Waals surface area contributed by atoms with Crippen LogP contribution in [-0.4, -0.2) is 210 Å². The number of carboxylic acids is 1. The van der Waals surface area contributed by atoms with Gasteiger partial charge in [0.15, 0.2) is 23.4 Å². The third kappa shape index (κ3) is 17.2. The second-order valence-corrected chi connectivity index (χ2v) is 24.3. The number of rotatable bonds is 19. The number of aromatic nitrogens is 7. The number of halogens is 6. The fraction of sp³-hybridized carbons (Fsp3) is 0.435. The summed E-state index contributed by atoms with van der Waals surface area (Å²) in [5.74, 6) is 0.289. The van der Waals surface area contributed by atoms with Gasteiger partial charge in [-0.05, 0) is 71.0 Å². The van der Waals surface area contributed by atoms with Crippen LogP contribution >= 0.6 is 69.6 Å². The molecule has 10 rings (SSSR count). The molecule has 1 atom stereocenters. The summed E-state index contributed by atoms with van der Waals surface area (Å²) in [6.07, 6.45) is 0.927. The lowest BCUT2D eigenvalue weighted by Crippen LogP contribution is -2.49. The molecule has 1 unspecified atom stereocenters. The van der Waals surface area contributed by atoms with Crippen LogP contribution in [0.1, 0.15) is 50.7 Å². The summed E-state index contributed by atoms with van der Waals surface area (Å²) in [4.78, 5) is 78.5. The summed E-state index contributed by atoms with van der Waals surface area (Å²) < 4.78 is 36.0. The topological polar surface area (TPSA) is 263 Å². The molecule has 3 aromatic carbocycles. The Bertz CT molecular complexity index is 3830. The number of aryl methyl sites for hydroxylation is 1. The van der Waals surface area contributed by atoms with Gasteiger partial charge in [0.25, 0.3) is 5.91 Å². The maximum Gasteiger partial charge on any atom is 0.357 e. The third-order valence-electron chi connectivity index (χ3n) is 16.1. The van der Waals surface area contributed by atoms with E-state index in [1.54, 1.807) is 75.0 Å². The maximum atomic E-state index is 13.0. The number of hydrogen-bond donors (Lipinski definition) is 2. The quantitative estimate of drug-likeness (QED) is 0.0715. The van der Waals surface area contributed by atoms with Crippen molar-refractivity contribution in [3.05, 3.63) is 125 Å². The van der Waals surface area contributed by atoms with Crippen LogP contribution in [0.5, 0.6) is 17.2 Å². The molecule has 0 aliphatic carbocycles. The van der Waals surface area contributed by atoms with Gasteiger partial charge in [-0.2, -0.15) is 15.3 Å². The lowest BCUT2D eigenvalue weighted by Gasteiger charge is -2.36. The normalized spacial score (nSPS) is 14.5. The number of oxazole rings is 1. The molecule has 0 saturated carbocycles. The summed E-state index contributed by atoms with van der Waals surface area (Å²) in [5.41, 5.74) is 5.69. The van der Waals surface area contributed by atoms with E-state index in [2.05, 4.69) is 40.3 Å². The van der Waals surface area contributed by atoms with E-state index in [1.165, 1.54) is 23.6 Å². The average molecular weight is 1420 g/mol. The second-order valence-electron chi connectivity index (χ2n) is 22.0. The van der Waals surface area contributed by atoms with E-state index in [4.69, 9.17) is 103 Å². The van der Waals surface area contributed by atoms with Gasteiger partial charge < -0.3 is 67.9 Å². The molecule has 3 aliphatic rings. The first-order valence-electron chi connectivity index (χ1n) is 29.7. The first kappa shape index (κ1) is 72.1. The van der Waals surface area contributed by atoms with Gasteiger partial charge in [-0.15, -0.1) is 0 Å². The predicted molar refractivity (Wildman–Crippen MR) is 358 cm³/mol. The molecule has 0 radical (unpaired) electrons. The van der Waals surface area contributed by atoms with E-state index in [0.29, 0.717) is 131 Å². The van der Waals surface area contributed by atoms with Gasteiger partial charge in [0.1, 0.15) is 43.1 Å². The molecule has 3 fully saturated rings. The van der Waals surface area contributed by atoms with Crippen LogP contribution < -0.4 is 34.2 Å². The Morgan fingerprint density at radius 2 is 0.872 bits per heavy atom. The number of benzene rings is 3. The number of piperazine rings is 3. The summed E-state index contributed by atoms with van der Waals surface area (Å²) in [5, 5.41) is 26.9. The van der Waals surface area contributed by atoms with Gasteiger partial charge in [0.05, 0.1) is 80.3 Å². The SMILES string of the molecule is COc1cc(N2CCN(C(=O)Cn3nc(-c4nc(C)co4)c(Cl)c3C)CC2)ccc1Cl.COc1cc(N2CCN(C(=O)Cn3nc(C(=O)NC(C)C(OC)OC)c(Cl)c3C)CC2)ccc1Cl.COc1cc(N2CCN(C(=O)Cn3nc(C(=O)O)c(Cl)c3C)CC2)ccc1Cl. The monoisotopic (exact) mass is 1420 g/mol. The van der Waals surface area contributed by atoms with Crippen LogP contribution in [0, 0.1) is 27.7 Å². The standard InChI is InChI=1S/C23H31Cl2N5O5.C21H23Cl2N5O3.C18H20Cl2N4O4/c1-14(23(34-4)35-5)26-22(32)21-20(25)15(2)30(27-21)13-19(31)29-10-8-28(9-11-29)16-6-7-17(24)18(12-16)33-3;1-13-12-31-21(24-13)20-19(23)14(2)28(25-20)11-18(29)27-8-6-26(7-9-27)15-4-5-16(22)17(10-15)30-3;1-11-16(20)17(18(26)27)21-24(11)10-15(25)23-7-5-22(6-8-23)12-3-4-13(19)14(9-12)28-2/h6-7,12,14,23H,8-11,13H2,1-5H3,(H,26,32);4-5,10,12H,6-9,11H2,1-3H3;3-4,9H,5-8,10H2,1-2H3,(H,26,27). The number of nitrogens with one attached hydrogen (secondary N) is 1. The Morgan fingerprint density at radius 1 is 0.521 bits per heavy atom. The number of methoxy groups -OCH3 is 5. The van der Waals surface area contributed by atoms with Crippen molar-refractivity contribution in [2.45, 2.75) is 66.6 Å². The molecule has 0 bridgehead atoms. The fourth-order valence-corrected chi connectivity index (χ4v) is 11.9. The van der Waals surface area contributed by atoms with Crippen LogP contribution in [0.4, 0.5) is 17.1 Å². The zero-order valence-corrected chi connectivity index (χ0v) is 58.1. The molecule has 0 spiro atoms. The lowest BCUT2D eigenvalue weighted by molar-refractivity contribution is -0.133. The second kappa shape index (κ2) is 32.6. The minimum atomic E-state index is -1.22. The molecule has 4 aromatic heterocycles. The number of carbonyl (C=O) groups excluding carboxylic acids is 4. The molecule has 2 N–H and O–H groups in total. The lowest BCUT2D eigenvalue weighted by atomic mass is 10.2. The van der Waals surface area contributed by atoms with Gasteiger partial charge in [0, 0.05) is 128 Å². The average Bonchev–Trinajstić information content (AvgIpc) is 1.67. The largest absolute Gasteiger partial charge is 0.495 e. The molecule has 3 saturated heterocycles. The Morgan fingerprint density at radius 3 is 1.20 bits per heavy atom. The zero-order chi connectivity index (χ0) is 68.2. The first-order chi connectivity index (χ1) is 44.9. The van der Waals surface area contributed by atoms with E-state index >= 15 is 0 Å². The van der Waals surface area contributed by atoms with Crippen LogP contribution in [0.15, 0.2) is 65.3 Å². The number of carbonyl (C=O) groups is 5. The highest BCUT2D eigenvalue weighted by molar-refractivity contribution is 6.35. The van der Waals surface area contributed by atoms with Crippen LogP contribution in [-0.2, 0) is 43.5 Å². The molecular weight excluding hydrogens is 1350 g/mol. The van der Waals surface area contributed by atoms with Gasteiger partial charge in [0.2, 0.25) is 23.6 Å². The fourth-order valence-electron chi connectivity index (χ4n) is 10.6. The highest BCUT2D eigenvalue weighted by Gasteiger charge is 2.30. The van der Waals surface area contributed by atoms with Crippen molar-refractivity contribution >= 4 is 116 Å². The molecule has 4 amide bonds. The van der Waals surface area contributed by atoms with Gasteiger partial charge >= 0.3 is 5.97 Å². The summed E-state index contributed by atoms with van der Waals surface area (Å²) in [7, 11) is 7.72. The zero-order valence-electron chi connectivity index (χ0n) is 53.6. The van der Waals surface area contributed by atoms with Crippen molar-refractivity contribution < 1.29 is 57.2 Å². The first-order valence-corrected chi connectivity index (χ1v) is 31.9. The Labute approximate surface area is 573 Å². The predicted octanol–water partition coefficient (Wildman–Crippen LogP) is 8.97. The smallest absolute Gasteiger partial charge is 0.357 e. The van der Waals surface area contributed by atoms with E-state index < -0.39 is 24.2 Å². The molecule has 7 heterocycles. The van der Waals surface area contributed by atoms with Crippen molar-refractivity contribution in [2.24, 2.45) is 0 Å². The summed E-state index contributed by atoms with van der Waals surface area (Å²) in [6, 6.07) is 16.5. The van der Waals surface area contributed by atoms with Crippen LogP contribution in [0.3, 0.4) is 0 Å². The van der Waals surface area contributed by atoms with Gasteiger partial charge in [-0.25, -0.2) is 9.78 Å². The van der Waals surface area contributed by atoms with E-state index in [0.717, 1.165) is 35.8 Å². The van der Waals surface area contributed by atoms with Gasteiger partial charge in [-0.3, -0.25) is 33.2 Å². The minimum Gasteiger partial charge on any atom is -0.495 e. The number of nitrogens with zero attached hydrogens (tertiary/aromatic N) is 13. The van der Waals surface area contributed by atoms with Crippen molar-refractivity contribution in [3.8, 4) is 28.8 Å². The molecule has 32 heteroatoms. The Balaban J connectivity index is 0.000000182. The highest BCUT2D eigenvalue weighted by atomic mass is 35.5. The van der Waals surface area contributed by atoms with Crippen molar-refractivity contribution in [2.75, 3.05) is 129 Å². The molecule has 3 aliphatic heterocycles. The molecule has 506 valence electrons. The Hall–Kier alpha value is -7.69. The van der Waals surface area contributed by atoms with Crippen LogP contribution in [0.2, 0.25) is 30.1 Å². The Kier molecular flexibility index (Phi) is 25.0. The van der Waals surface area contributed by atoms with Crippen molar-refractivity contribution in [1.29, 1.82) is 0 Å². The van der Waals surface area contributed by atoms with Crippen LogP contribution in [0.25, 0.3) is 11.6 Å². The third-order valence-corrected chi connectivity index (χ3v) is 18.4.